The lowest BCUT2D eigenvalue weighted by atomic mass is 10.1. The van der Waals surface area contributed by atoms with Crippen molar-refractivity contribution in [2.24, 2.45) is 0 Å². The smallest absolute Gasteiger partial charge is 0.338 e. The number of halogens is 3. The lowest BCUT2D eigenvalue weighted by Gasteiger charge is -2.14. The molecule has 0 fully saturated rings. The number of thioether (sulfide) groups is 1. The van der Waals surface area contributed by atoms with E-state index in [9.17, 15) is 13.2 Å². The Labute approximate surface area is 128 Å². The number of rotatable bonds is 3. The summed E-state index contributed by atoms with van der Waals surface area (Å²) < 4.78 is 44.1. The number of nitrogens with zero attached hydrogens (tertiary/aromatic N) is 4. The normalized spacial score (nSPS) is 13.0. The molecular formula is C13H11F3N4OS. The maximum absolute atomic E-state index is 13.0. The Hall–Kier alpha value is -2.08. The molecule has 0 saturated carbocycles. The van der Waals surface area contributed by atoms with Crippen LogP contribution in [-0.2, 0) is 6.18 Å². The number of alkyl halides is 3. The molecule has 0 spiro atoms. The van der Waals surface area contributed by atoms with Crippen LogP contribution in [0.1, 0.15) is 40.7 Å². The summed E-state index contributed by atoms with van der Waals surface area (Å²) in [4.78, 5) is 8.07. The maximum atomic E-state index is 13.0. The SMILES string of the molecule is Cc1cc(C(F)(F)F)c(C#N)c(SC(C)c2nc(C)no2)n1. The van der Waals surface area contributed by atoms with Gasteiger partial charge in [-0.1, -0.05) is 16.9 Å². The first kappa shape index (κ1) is 16.3. The molecule has 9 heteroatoms. The highest BCUT2D eigenvalue weighted by atomic mass is 32.2. The molecule has 116 valence electrons. The number of nitriles is 1. The second-order valence-corrected chi connectivity index (χ2v) is 5.87. The summed E-state index contributed by atoms with van der Waals surface area (Å²) in [7, 11) is 0. The summed E-state index contributed by atoms with van der Waals surface area (Å²) in [6, 6.07) is 2.46. The molecular weight excluding hydrogens is 317 g/mol. The van der Waals surface area contributed by atoms with Crippen molar-refractivity contribution in [3.8, 4) is 6.07 Å². The predicted molar refractivity (Wildman–Crippen MR) is 72.0 cm³/mol. The summed E-state index contributed by atoms with van der Waals surface area (Å²) in [5, 5.41) is 12.3. The molecule has 0 aliphatic rings. The lowest BCUT2D eigenvalue weighted by molar-refractivity contribution is -0.138. The van der Waals surface area contributed by atoms with E-state index in [-0.39, 0.29) is 16.6 Å². The first-order chi connectivity index (χ1) is 10.2. The highest BCUT2D eigenvalue weighted by molar-refractivity contribution is 7.99. The van der Waals surface area contributed by atoms with Crippen LogP contribution in [0.5, 0.6) is 0 Å². The van der Waals surface area contributed by atoms with E-state index in [4.69, 9.17) is 9.78 Å². The van der Waals surface area contributed by atoms with Crippen molar-refractivity contribution < 1.29 is 17.7 Å². The summed E-state index contributed by atoms with van der Waals surface area (Å²) in [6.07, 6.45) is -4.61. The fourth-order valence-electron chi connectivity index (χ4n) is 1.76. The molecule has 1 unspecified atom stereocenters. The van der Waals surface area contributed by atoms with Crippen molar-refractivity contribution in [1.82, 2.24) is 15.1 Å². The van der Waals surface area contributed by atoms with Crippen molar-refractivity contribution in [2.75, 3.05) is 0 Å². The molecule has 0 aromatic carbocycles. The minimum Gasteiger partial charge on any atom is -0.338 e. The van der Waals surface area contributed by atoms with Gasteiger partial charge in [0, 0.05) is 5.69 Å². The van der Waals surface area contributed by atoms with E-state index in [1.165, 1.54) is 6.92 Å². The van der Waals surface area contributed by atoms with Crippen LogP contribution in [0.2, 0.25) is 0 Å². The van der Waals surface area contributed by atoms with Crippen LogP contribution in [0.3, 0.4) is 0 Å². The predicted octanol–water partition coefficient (Wildman–Crippen LogP) is 3.83. The zero-order chi connectivity index (χ0) is 16.5. The molecule has 22 heavy (non-hydrogen) atoms. The number of hydrogen-bond donors (Lipinski definition) is 0. The highest BCUT2D eigenvalue weighted by Crippen LogP contribution is 2.40. The van der Waals surface area contributed by atoms with Gasteiger partial charge in [-0.15, -0.1) is 0 Å². The summed E-state index contributed by atoms with van der Waals surface area (Å²) >= 11 is 0.976. The molecule has 0 N–H and O–H groups in total. The standard InChI is InChI=1S/C13H11F3N4OS/c1-6-4-10(13(14,15)16)9(5-17)12(18-6)22-7(2)11-19-8(3)20-21-11/h4,7H,1-3H3. The molecule has 2 aromatic rings. The minimum absolute atomic E-state index is 0.00169. The van der Waals surface area contributed by atoms with Crippen molar-refractivity contribution in [3.63, 3.8) is 0 Å². The summed E-state index contributed by atoms with van der Waals surface area (Å²) in [5.41, 5.74) is -1.30. The van der Waals surface area contributed by atoms with Gasteiger partial charge >= 0.3 is 6.18 Å². The minimum atomic E-state index is -4.61. The van der Waals surface area contributed by atoms with E-state index >= 15 is 0 Å². The molecule has 2 aromatic heterocycles. The Kier molecular flexibility index (Phi) is 4.42. The molecule has 5 nitrogen and oxygen atoms in total. The van der Waals surface area contributed by atoms with Crippen LogP contribution in [0.25, 0.3) is 0 Å². The van der Waals surface area contributed by atoms with Gasteiger partial charge in [-0.25, -0.2) is 4.98 Å². The highest BCUT2D eigenvalue weighted by Gasteiger charge is 2.36. The van der Waals surface area contributed by atoms with E-state index in [0.717, 1.165) is 17.8 Å². The monoisotopic (exact) mass is 328 g/mol. The third kappa shape index (κ3) is 3.39. The van der Waals surface area contributed by atoms with Crippen LogP contribution >= 0.6 is 11.8 Å². The quantitative estimate of drug-likeness (QED) is 0.797. The molecule has 0 bridgehead atoms. The zero-order valence-corrected chi connectivity index (χ0v) is 12.7. The first-order valence-corrected chi connectivity index (χ1v) is 7.06. The maximum Gasteiger partial charge on any atom is 0.417 e. The topological polar surface area (TPSA) is 75.6 Å². The lowest BCUT2D eigenvalue weighted by Crippen LogP contribution is -2.11. The molecule has 0 amide bonds. The Morgan fingerprint density at radius 1 is 1.32 bits per heavy atom. The van der Waals surface area contributed by atoms with Gasteiger partial charge in [0.1, 0.15) is 11.1 Å². The van der Waals surface area contributed by atoms with Crippen LogP contribution in [0.4, 0.5) is 13.2 Å². The van der Waals surface area contributed by atoms with Crippen LogP contribution in [0.15, 0.2) is 15.6 Å². The van der Waals surface area contributed by atoms with Crippen LogP contribution < -0.4 is 0 Å². The summed E-state index contributed by atoms with van der Waals surface area (Å²) in [6.45, 7) is 4.77. The van der Waals surface area contributed by atoms with Gasteiger partial charge in [0.05, 0.1) is 16.4 Å². The number of pyridine rings is 1. The van der Waals surface area contributed by atoms with Crippen molar-refractivity contribution in [2.45, 2.75) is 37.2 Å². The fourth-order valence-corrected chi connectivity index (χ4v) is 2.76. The molecule has 2 heterocycles. The molecule has 0 aliphatic carbocycles. The van der Waals surface area contributed by atoms with E-state index in [2.05, 4.69) is 15.1 Å². The molecule has 0 radical (unpaired) electrons. The number of hydrogen-bond acceptors (Lipinski definition) is 6. The molecule has 0 aliphatic heterocycles. The van der Waals surface area contributed by atoms with Gasteiger partial charge in [-0.05, 0) is 26.8 Å². The molecule has 1 atom stereocenters. The van der Waals surface area contributed by atoms with Crippen LogP contribution in [-0.4, -0.2) is 15.1 Å². The second-order valence-electron chi connectivity index (χ2n) is 4.54. The Balaban J connectivity index is 2.43. The largest absolute Gasteiger partial charge is 0.417 e. The van der Waals surface area contributed by atoms with Gasteiger partial charge in [0.15, 0.2) is 5.82 Å². The van der Waals surface area contributed by atoms with Crippen molar-refractivity contribution in [3.05, 3.63) is 34.6 Å². The second kappa shape index (κ2) is 5.96. The average molecular weight is 328 g/mol. The Morgan fingerprint density at radius 3 is 2.50 bits per heavy atom. The molecule has 0 saturated heterocycles. The third-order valence-electron chi connectivity index (χ3n) is 2.71. The van der Waals surface area contributed by atoms with E-state index in [1.807, 2.05) is 0 Å². The third-order valence-corrected chi connectivity index (χ3v) is 3.78. The summed E-state index contributed by atoms with van der Waals surface area (Å²) in [5.74, 6) is 0.694. The van der Waals surface area contributed by atoms with Gasteiger partial charge in [-0.2, -0.15) is 23.4 Å². The Morgan fingerprint density at radius 2 is 2.00 bits per heavy atom. The number of aromatic nitrogens is 3. The van der Waals surface area contributed by atoms with E-state index in [1.54, 1.807) is 19.9 Å². The van der Waals surface area contributed by atoms with Gasteiger partial charge in [0.2, 0.25) is 5.89 Å². The van der Waals surface area contributed by atoms with Crippen LogP contribution in [0, 0.1) is 25.2 Å². The Bertz CT molecular complexity index is 736. The van der Waals surface area contributed by atoms with Gasteiger partial charge in [-0.3, -0.25) is 0 Å². The fraction of sp³-hybridized carbons (Fsp3) is 0.385. The van der Waals surface area contributed by atoms with Crippen molar-refractivity contribution in [1.29, 1.82) is 5.26 Å². The average Bonchev–Trinajstić information content (AvgIpc) is 2.84. The zero-order valence-electron chi connectivity index (χ0n) is 11.9. The van der Waals surface area contributed by atoms with E-state index in [0.29, 0.717) is 5.82 Å². The van der Waals surface area contributed by atoms with Gasteiger partial charge < -0.3 is 4.52 Å². The van der Waals surface area contributed by atoms with E-state index < -0.39 is 22.6 Å². The molecule has 2 rings (SSSR count). The number of aryl methyl sites for hydroxylation is 2. The first-order valence-electron chi connectivity index (χ1n) is 6.18. The van der Waals surface area contributed by atoms with Gasteiger partial charge in [0.25, 0.3) is 0 Å². The van der Waals surface area contributed by atoms with Crippen molar-refractivity contribution >= 4 is 11.8 Å².